The second-order valence-electron chi connectivity index (χ2n) is 7.17. The summed E-state index contributed by atoms with van der Waals surface area (Å²) in [6, 6.07) is 6.63. The highest BCUT2D eigenvalue weighted by atomic mass is 16.7. The Hall–Kier alpha value is -3.27. The predicted octanol–water partition coefficient (Wildman–Crippen LogP) is 1.19. The Kier molecular flexibility index (Phi) is 6.69. The summed E-state index contributed by atoms with van der Waals surface area (Å²) in [4.78, 5) is 50.6. The van der Waals surface area contributed by atoms with Gasteiger partial charge in [-0.15, -0.1) is 0 Å². The zero-order valence-corrected chi connectivity index (χ0v) is 17.5. The van der Waals surface area contributed by atoms with Gasteiger partial charge in [-0.05, 0) is 19.1 Å². The summed E-state index contributed by atoms with van der Waals surface area (Å²) >= 11 is 0. The number of fused-ring (bicyclic) bond motifs is 1. The number of hydrogen-bond donors (Lipinski definition) is 0. The minimum absolute atomic E-state index is 0.0784. The fourth-order valence-electron chi connectivity index (χ4n) is 3.38. The summed E-state index contributed by atoms with van der Waals surface area (Å²) in [6.45, 7) is 4.88. The smallest absolute Gasteiger partial charge is 0.303 e. The van der Waals surface area contributed by atoms with Crippen molar-refractivity contribution in [3.8, 4) is 0 Å². The summed E-state index contributed by atoms with van der Waals surface area (Å²) in [5, 5.41) is 0. The van der Waals surface area contributed by atoms with E-state index in [1.165, 1.54) is 27.7 Å². The van der Waals surface area contributed by atoms with Crippen LogP contribution in [0.25, 0.3) is 0 Å². The average molecular weight is 433 g/mol. The molecule has 10 heteroatoms. The molecule has 0 aliphatic carbocycles. The van der Waals surface area contributed by atoms with Gasteiger partial charge in [-0.25, -0.2) is 4.99 Å². The second kappa shape index (κ2) is 9.25. The molecule has 2 aliphatic heterocycles. The van der Waals surface area contributed by atoms with Crippen molar-refractivity contribution in [2.24, 2.45) is 4.99 Å². The minimum atomic E-state index is -1.07. The number of nitrogens with zero attached hydrogens (tertiary/aromatic N) is 1. The normalized spacial score (nSPS) is 26.7. The molecule has 0 spiro atoms. The topological polar surface area (TPSA) is 127 Å². The van der Waals surface area contributed by atoms with Gasteiger partial charge in [0.1, 0.15) is 12.7 Å². The van der Waals surface area contributed by atoms with Crippen molar-refractivity contribution < 1.29 is 42.9 Å². The van der Waals surface area contributed by atoms with E-state index in [1.54, 1.807) is 24.3 Å². The lowest BCUT2D eigenvalue weighted by atomic mass is 9.98. The number of ether oxygens (including phenoxy) is 5. The van der Waals surface area contributed by atoms with Crippen LogP contribution >= 0.6 is 0 Å². The first-order valence-electron chi connectivity index (χ1n) is 9.64. The Morgan fingerprint density at radius 3 is 2.06 bits per heavy atom. The van der Waals surface area contributed by atoms with Crippen LogP contribution in [0.1, 0.15) is 43.6 Å². The minimum Gasteiger partial charge on any atom is -0.465 e. The molecule has 0 radical (unpaired) electrons. The van der Waals surface area contributed by atoms with Gasteiger partial charge >= 0.3 is 17.9 Å². The summed E-state index contributed by atoms with van der Waals surface area (Å²) in [5.41, 5.74) is 1.12. The quantitative estimate of drug-likeness (QED) is 0.369. The third-order valence-corrected chi connectivity index (χ3v) is 4.69. The highest BCUT2D eigenvalue weighted by molar-refractivity contribution is 5.98. The van der Waals surface area contributed by atoms with Crippen LogP contribution in [-0.4, -0.2) is 66.8 Å². The largest absolute Gasteiger partial charge is 0.465 e. The molecular formula is C21H23NO9. The first-order chi connectivity index (χ1) is 14.7. The Morgan fingerprint density at radius 1 is 0.903 bits per heavy atom. The van der Waals surface area contributed by atoms with Crippen molar-refractivity contribution in [1.82, 2.24) is 0 Å². The van der Waals surface area contributed by atoms with Crippen LogP contribution in [0.5, 0.6) is 0 Å². The number of rotatable bonds is 6. The van der Waals surface area contributed by atoms with Crippen LogP contribution in [0, 0.1) is 0 Å². The van der Waals surface area contributed by atoms with Gasteiger partial charge in [0, 0.05) is 31.9 Å². The molecule has 2 aliphatic rings. The number of Topliss-reactive ketones (excluding diaryl/α,β-unsaturated/α-hetero) is 1. The van der Waals surface area contributed by atoms with Crippen LogP contribution < -0.4 is 0 Å². The summed E-state index contributed by atoms with van der Waals surface area (Å²) in [5.74, 6) is -1.65. The summed E-state index contributed by atoms with van der Waals surface area (Å²) in [6.07, 6.45) is -4.82. The van der Waals surface area contributed by atoms with Gasteiger partial charge in [0.05, 0.1) is 0 Å². The lowest BCUT2D eigenvalue weighted by Gasteiger charge is -2.40. The SMILES string of the molecule is CC(=O)OC[C@H]1O[C@@H]2N=C(c3ccc(C(C)=O)cc3)O[C@@H]2[C@@H](OC(C)=O)[C@@H]1OC(C)=O. The van der Waals surface area contributed by atoms with Crippen LogP contribution in [0.4, 0.5) is 0 Å². The number of hydrogen-bond acceptors (Lipinski definition) is 10. The fourth-order valence-corrected chi connectivity index (χ4v) is 3.38. The van der Waals surface area contributed by atoms with Gasteiger partial charge in [-0.3, -0.25) is 19.2 Å². The summed E-state index contributed by atoms with van der Waals surface area (Å²) < 4.78 is 27.6. The summed E-state index contributed by atoms with van der Waals surface area (Å²) in [7, 11) is 0. The van der Waals surface area contributed by atoms with Crippen LogP contribution in [-0.2, 0) is 38.1 Å². The van der Waals surface area contributed by atoms with E-state index < -0.39 is 48.6 Å². The van der Waals surface area contributed by atoms with Crippen molar-refractivity contribution in [3.05, 3.63) is 35.4 Å². The van der Waals surface area contributed by atoms with Gasteiger partial charge < -0.3 is 23.7 Å². The van der Waals surface area contributed by atoms with Crippen molar-refractivity contribution in [2.45, 2.75) is 58.3 Å². The third kappa shape index (κ3) is 5.26. The highest BCUT2D eigenvalue weighted by Crippen LogP contribution is 2.34. The zero-order chi connectivity index (χ0) is 22.7. The van der Waals surface area contributed by atoms with E-state index >= 15 is 0 Å². The van der Waals surface area contributed by atoms with E-state index in [2.05, 4.69) is 4.99 Å². The molecule has 1 aromatic rings. The molecule has 1 aromatic carbocycles. The number of aliphatic imine (C=N–C) groups is 1. The monoisotopic (exact) mass is 433 g/mol. The number of carbonyl (C=O) groups is 4. The standard InChI is InChI=1S/C21H23NO9/c1-10(23)14-5-7-15(8-6-14)20-22-21-19(31-20)18(29-13(4)26)17(28-12(3)25)16(30-21)9-27-11(2)24/h5-8,16-19,21H,9H2,1-4H3/t16-,17-,18+,19-,21+/m1/s1. The highest BCUT2D eigenvalue weighted by Gasteiger charge is 2.54. The molecule has 0 aromatic heterocycles. The van der Waals surface area contributed by atoms with Crippen molar-refractivity contribution in [3.63, 3.8) is 0 Å². The van der Waals surface area contributed by atoms with E-state index in [4.69, 9.17) is 23.7 Å². The Bertz CT molecular complexity index is 908. The average Bonchev–Trinajstić information content (AvgIpc) is 3.11. The maximum absolute atomic E-state index is 11.7. The van der Waals surface area contributed by atoms with Gasteiger partial charge in [-0.2, -0.15) is 0 Å². The lowest BCUT2D eigenvalue weighted by molar-refractivity contribution is -0.236. The number of esters is 3. The number of ketones is 1. The molecule has 0 N–H and O–H groups in total. The molecule has 0 saturated carbocycles. The van der Waals surface area contributed by atoms with Crippen molar-refractivity contribution in [2.75, 3.05) is 6.61 Å². The molecule has 1 fully saturated rings. The first-order valence-corrected chi connectivity index (χ1v) is 9.64. The van der Waals surface area contributed by atoms with Gasteiger partial charge in [0.15, 0.2) is 30.3 Å². The molecule has 3 rings (SSSR count). The van der Waals surface area contributed by atoms with Gasteiger partial charge in [0.2, 0.25) is 5.90 Å². The molecule has 0 bridgehead atoms. The van der Waals surface area contributed by atoms with Gasteiger partial charge in [0.25, 0.3) is 0 Å². The predicted molar refractivity (Wildman–Crippen MR) is 104 cm³/mol. The van der Waals surface area contributed by atoms with Crippen LogP contribution in [0.2, 0.25) is 0 Å². The molecule has 31 heavy (non-hydrogen) atoms. The molecule has 166 valence electrons. The third-order valence-electron chi connectivity index (χ3n) is 4.69. The van der Waals surface area contributed by atoms with Gasteiger partial charge in [-0.1, -0.05) is 12.1 Å². The maximum atomic E-state index is 11.7. The maximum Gasteiger partial charge on any atom is 0.303 e. The molecule has 0 amide bonds. The molecule has 10 nitrogen and oxygen atoms in total. The van der Waals surface area contributed by atoms with E-state index in [1.807, 2.05) is 0 Å². The number of benzene rings is 1. The molecule has 2 heterocycles. The molecule has 1 saturated heterocycles. The Labute approximate surface area is 178 Å². The Morgan fingerprint density at radius 2 is 1.52 bits per heavy atom. The number of carbonyl (C=O) groups excluding carboxylic acids is 4. The van der Waals surface area contributed by atoms with E-state index in [0.29, 0.717) is 11.1 Å². The van der Waals surface area contributed by atoms with E-state index in [0.717, 1.165) is 0 Å². The molecule has 5 atom stereocenters. The van der Waals surface area contributed by atoms with Crippen molar-refractivity contribution >= 4 is 29.6 Å². The van der Waals surface area contributed by atoms with E-state index in [9.17, 15) is 19.2 Å². The zero-order valence-electron chi connectivity index (χ0n) is 17.5. The Balaban J connectivity index is 1.89. The molecular weight excluding hydrogens is 410 g/mol. The fraction of sp³-hybridized carbons (Fsp3) is 0.476. The lowest BCUT2D eigenvalue weighted by Crippen LogP contribution is -2.60. The van der Waals surface area contributed by atoms with E-state index in [-0.39, 0.29) is 18.3 Å². The van der Waals surface area contributed by atoms with Crippen molar-refractivity contribution in [1.29, 1.82) is 0 Å². The molecule has 0 unspecified atom stereocenters. The second-order valence-corrected chi connectivity index (χ2v) is 7.17. The van der Waals surface area contributed by atoms with Crippen LogP contribution in [0.3, 0.4) is 0 Å². The van der Waals surface area contributed by atoms with Crippen LogP contribution in [0.15, 0.2) is 29.3 Å². The first kappa shape index (κ1) is 22.4.